The Bertz CT molecular complexity index is 834. The summed E-state index contributed by atoms with van der Waals surface area (Å²) in [6.07, 6.45) is -0.549. The highest BCUT2D eigenvalue weighted by atomic mass is 16.5. The molecular weight excluding hydrogens is 360 g/mol. The van der Waals surface area contributed by atoms with Crippen LogP contribution in [-0.2, 0) is 11.3 Å². The van der Waals surface area contributed by atoms with E-state index in [2.05, 4.69) is 26.0 Å². The zero-order chi connectivity index (χ0) is 20.5. The van der Waals surface area contributed by atoms with Crippen LogP contribution >= 0.6 is 0 Å². The van der Waals surface area contributed by atoms with Crippen LogP contribution in [0, 0.1) is 0 Å². The predicted octanol–water partition coefficient (Wildman–Crippen LogP) is 3.32. The maximum Gasteiger partial charge on any atom is 0.411 e. The van der Waals surface area contributed by atoms with Gasteiger partial charge in [-0.05, 0) is 43.7 Å². The van der Waals surface area contributed by atoms with E-state index in [-0.39, 0.29) is 18.0 Å². The lowest BCUT2D eigenvalue weighted by Crippen LogP contribution is -2.35. The Morgan fingerprint density at radius 3 is 2.29 bits per heavy atom. The number of methoxy groups -OCH3 is 1. The average Bonchev–Trinajstić information content (AvgIpc) is 2.66. The standard InChI is InChI=1S/C20H24N4O4/c1-13(2)22-19(26)24-17-7-5-4-6-16(17)18(25)21-12-14-8-10-15(11-9-14)23-20(27)28-3/h4-11,13H,12H2,1-3H3,(H,21,25)(H,23,27)(H2,22,24,26). The third-order valence-electron chi connectivity index (χ3n) is 3.68. The van der Waals surface area contributed by atoms with Gasteiger partial charge in [0.15, 0.2) is 0 Å². The number of rotatable bonds is 6. The van der Waals surface area contributed by atoms with E-state index < -0.39 is 6.09 Å². The van der Waals surface area contributed by atoms with Crippen molar-refractivity contribution in [1.82, 2.24) is 10.6 Å². The number of hydrogen-bond acceptors (Lipinski definition) is 4. The topological polar surface area (TPSA) is 109 Å². The summed E-state index contributed by atoms with van der Waals surface area (Å²) in [7, 11) is 1.29. The van der Waals surface area contributed by atoms with Gasteiger partial charge in [0.25, 0.3) is 5.91 Å². The summed E-state index contributed by atoms with van der Waals surface area (Å²) >= 11 is 0. The van der Waals surface area contributed by atoms with Crippen LogP contribution in [-0.4, -0.2) is 31.2 Å². The Morgan fingerprint density at radius 2 is 1.64 bits per heavy atom. The highest BCUT2D eigenvalue weighted by Gasteiger charge is 2.13. The van der Waals surface area contributed by atoms with Crippen molar-refractivity contribution in [3.63, 3.8) is 0 Å². The lowest BCUT2D eigenvalue weighted by atomic mass is 10.1. The molecule has 0 unspecified atom stereocenters. The number of benzene rings is 2. The number of para-hydroxylation sites is 1. The number of nitrogens with one attached hydrogen (secondary N) is 4. The van der Waals surface area contributed by atoms with Gasteiger partial charge in [0, 0.05) is 18.3 Å². The quantitative estimate of drug-likeness (QED) is 0.612. The fourth-order valence-corrected chi connectivity index (χ4v) is 2.36. The monoisotopic (exact) mass is 384 g/mol. The van der Waals surface area contributed by atoms with Gasteiger partial charge in [0.2, 0.25) is 0 Å². The van der Waals surface area contributed by atoms with E-state index in [9.17, 15) is 14.4 Å². The Balaban J connectivity index is 1.98. The van der Waals surface area contributed by atoms with Crippen molar-refractivity contribution < 1.29 is 19.1 Å². The van der Waals surface area contributed by atoms with Gasteiger partial charge in [-0.3, -0.25) is 10.1 Å². The molecule has 2 aromatic carbocycles. The zero-order valence-corrected chi connectivity index (χ0v) is 16.0. The van der Waals surface area contributed by atoms with Crippen LogP contribution < -0.4 is 21.3 Å². The smallest absolute Gasteiger partial charge is 0.411 e. The molecule has 2 rings (SSSR count). The number of amides is 4. The summed E-state index contributed by atoms with van der Waals surface area (Å²) in [4.78, 5) is 35.6. The SMILES string of the molecule is COC(=O)Nc1ccc(CNC(=O)c2ccccc2NC(=O)NC(C)C)cc1. The maximum atomic E-state index is 12.5. The van der Waals surface area contributed by atoms with Crippen molar-refractivity contribution in [2.24, 2.45) is 0 Å². The van der Waals surface area contributed by atoms with Crippen LogP contribution in [0.15, 0.2) is 48.5 Å². The van der Waals surface area contributed by atoms with Crippen LogP contribution in [0.1, 0.15) is 29.8 Å². The summed E-state index contributed by atoms with van der Waals surface area (Å²) in [5.74, 6) is -0.308. The summed E-state index contributed by atoms with van der Waals surface area (Å²) in [6, 6.07) is 13.4. The summed E-state index contributed by atoms with van der Waals surface area (Å²) in [5, 5.41) is 10.8. The molecule has 8 nitrogen and oxygen atoms in total. The van der Waals surface area contributed by atoms with Crippen molar-refractivity contribution in [2.75, 3.05) is 17.7 Å². The van der Waals surface area contributed by atoms with E-state index in [1.807, 2.05) is 13.8 Å². The van der Waals surface area contributed by atoms with E-state index in [4.69, 9.17) is 0 Å². The molecule has 0 bridgehead atoms. The zero-order valence-electron chi connectivity index (χ0n) is 16.0. The van der Waals surface area contributed by atoms with E-state index in [0.29, 0.717) is 23.5 Å². The van der Waals surface area contributed by atoms with E-state index in [0.717, 1.165) is 5.56 Å². The molecular formula is C20H24N4O4. The molecule has 0 fully saturated rings. The molecule has 0 spiro atoms. The molecule has 148 valence electrons. The minimum atomic E-state index is -0.549. The molecule has 4 N–H and O–H groups in total. The van der Waals surface area contributed by atoms with Crippen LogP contribution in [0.2, 0.25) is 0 Å². The average molecular weight is 384 g/mol. The van der Waals surface area contributed by atoms with Gasteiger partial charge < -0.3 is 20.7 Å². The third kappa shape index (κ3) is 6.31. The third-order valence-corrected chi connectivity index (χ3v) is 3.68. The predicted molar refractivity (Wildman–Crippen MR) is 107 cm³/mol. The molecule has 8 heteroatoms. The van der Waals surface area contributed by atoms with E-state index in [1.165, 1.54) is 7.11 Å². The van der Waals surface area contributed by atoms with Crippen molar-refractivity contribution in [3.05, 3.63) is 59.7 Å². The normalized spacial score (nSPS) is 10.1. The molecule has 28 heavy (non-hydrogen) atoms. The number of carbonyl (C=O) groups excluding carboxylic acids is 3. The molecule has 0 atom stereocenters. The Labute approximate surface area is 163 Å². The molecule has 0 heterocycles. The van der Waals surface area contributed by atoms with E-state index in [1.54, 1.807) is 48.5 Å². The number of hydrogen-bond donors (Lipinski definition) is 4. The lowest BCUT2D eigenvalue weighted by Gasteiger charge is -2.13. The number of carbonyl (C=O) groups is 3. The largest absolute Gasteiger partial charge is 0.453 e. The van der Waals surface area contributed by atoms with Gasteiger partial charge >= 0.3 is 12.1 Å². The molecule has 0 radical (unpaired) electrons. The van der Waals surface area contributed by atoms with Crippen LogP contribution in [0.5, 0.6) is 0 Å². The highest BCUT2D eigenvalue weighted by Crippen LogP contribution is 2.15. The van der Waals surface area contributed by atoms with Crippen LogP contribution in [0.25, 0.3) is 0 Å². The second kappa shape index (κ2) is 9.96. The van der Waals surface area contributed by atoms with Crippen LogP contribution in [0.3, 0.4) is 0 Å². The maximum absolute atomic E-state index is 12.5. The molecule has 0 aliphatic rings. The summed E-state index contributed by atoms with van der Waals surface area (Å²) < 4.78 is 4.53. The highest BCUT2D eigenvalue weighted by molar-refractivity contribution is 6.03. The van der Waals surface area contributed by atoms with Gasteiger partial charge in [0.1, 0.15) is 0 Å². The Hall–Kier alpha value is -3.55. The second-order valence-electron chi connectivity index (χ2n) is 6.29. The van der Waals surface area contributed by atoms with Gasteiger partial charge in [-0.2, -0.15) is 0 Å². The van der Waals surface area contributed by atoms with Gasteiger partial charge in [-0.1, -0.05) is 24.3 Å². The molecule has 0 saturated heterocycles. The van der Waals surface area contributed by atoms with E-state index >= 15 is 0 Å². The number of urea groups is 1. The van der Waals surface area contributed by atoms with Gasteiger partial charge in [0.05, 0.1) is 18.4 Å². The van der Waals surface area contributed by atoms with Crippen molar-refractivity contribution in [3.8, 4) is 0 Å². The van der Waals surface area contributed by atoms with Crippen molar-refractivity contribution in [1.29, 1.82) is 0 Å². The molecule has 0 saturated carbocycles. The first-order chi connectivity index (χ1) is 13.4. The Kier molecular flexibility index (Phi) is 7.38. The molecule has 0 aliphatic carbocycles. The van der Waals surface area contributed by atoms with Crippen molar-refractivity contribution in [2.45, 2.75) is 26.4 Å². The lowest BCUT2D eigenvalue weighted by molar-refractivity contribution is 0.0951. The number of ether oxygens (including phenoxy) is 1. The second-order valence-corrected chi connectivity index (χ2v) is 6.29. The molecule has 0 aliphatic heterocycles. The number of anilines is 2. The fourth-order valence-electron chi connectivity index (χ4n) is 2.36. The summed E-state index contributed by atoms with van der Waals surface area (Å²) in [5.41, 5.74) is 2.24. The summed E-state index contributed by atoms with van der Waals surface area (Å²) in [6.45, 7) is 4.00. The minimum Gasteiger partial charge on any atom is -0.453 e. The van der Waals surface area contributed by atoms with Crippen LogP contribution in [0.4, 0.5) is 21.0 Å². The van der Waals surface area contributed by atoms with Crippen molar-refractivity contribution >= 4 is 29.4 Å². The van der Waals surface area contributed by atoms with Gasteiger partial charge in [-0.15, -0.1) is 0 Å². The Morgan fingerprint density at radius 1 is 0.964 bits per heavy atom. The molecule has 0 aromatic heterocycles. The fraction of sp³-hybridized carbons (Fsp3) is 0.250. The molecule has 4 amide bonds. The first kappa shape index (κ1) is 20.8. The molecule has 2 aromatic rings. The minimum absolute atomic E-state index is 0.0161. The van der Waals surface area contributed by atoms with Gasteiger partial charge in [-0.25, -0.2) is 9.59 Å². The first-order valence-corrected chi connectivity index (χ1v) is 8.77. The first-order valence-electron chi connectivity index (χ1n) is 8.77.